The van der Waals surface area contributed by atoms with Crippen molar-refractivity contribution in [2.24, 2.45) is 0 Å². The van der Waals surface area contributed by atoms with E-state index in [-0.39, 0.29) is 28.4 Å². The Morgan fingerprint density at radius 1 is 1.30 bits per heavy atom. The molecule has 0 aliphatic carbocycles. The third-order valence-corrected chi connectivity index (χ3v) is 5.59. The number of carbonyl (C=O) groups excluding carboxylic acids is 1. The summed E-state index contributed by atoms with van der Waals surface area (Å²) in [5, 5.41) is 11.2. The number of nitrogens with one attached hydrogen (secondary N) is 1. The van der Waals surface area contributed by atoms with Gasteiger partial charge < -0.3 is 15.0 Å². The third kappa shape index (κ3) is 3.31. The number of anilines is 1. The molecule has 156 valence electrons. The van der Waals surface area contributed by atoms with Gasteiger partial charge in [-0.15, -0.1) is 0 Å². The minimum Gasteiger partial charge on any atom is -0.455 e. The van der Waals surface area contributed by atoms with Crippen molar-refractivity contribution in [2.75, 3.05) is 11.4 Å². The van der Waals surface area contributed by atoms with Crippen molar-refractivity contribution in [3.8, 4) is 17.6 Å². The minimum atomic E-state index is -5.03. The molecule has 10 heteroatoms. The van der Waals surface area contributed by atoms with Crippen LogP contribution in [0.25, 0.3) is 0 Å². The predicted molar refractivity (Wildman–Crippen MR) is 99.9 cm³/mol. The Bertz CT molecular complexity index is 1070. The van der Waals surface area contributed by atoms with Gasteiger partial charge in [-0.2, -0.15) is 18.4 Å². The van der Waals surface area contributed by atoms with Crippen molar-refractivity contribution in [1.82, 2.24) is 5.32 Å². The molecular formula is C20H14ClF4N3O2. The SMILES string of the molecule is N#Cc1c(F)cc2c(c1Cl)N1CCC[C@@H](NC(=O)C(F)(F)F)[C@H]1c1ccccc1O2. The van der Waals surface area contributed by atoms with Crippen LogP contribution in [0.1, 0.15) is 30.0 Å². The van der Waals surface area contributed by atoms with Gasteiger partial charge >= 0.3 is 12.1 Å². The summed E-state index contributed by atoms with van der Waals surface area (Å²) in [6.07, 6.45) is -4.30. The lowest BCUT2D eigenvalue weighted by atomic mass is 9.89. The number of nitriles is 1. The quantitative estimate of drug-likeness (QED) is 0.645. The lowest BCUT2D eigenvalue weighted by Crippen LogP contribution is -2.52. The number of hydrogen-bond acceptors (Lipinski definition) is 4. The van der Waals surface area contributed by atoms with Crippen molar-refractivity contribution in [3.63, 3.8) is 0 Å². The second-order valence-corrected chi connectivity index (χ2v) is 7.38. The van der Waals surface area contributed by atoms with Crippen LogP contribution in [0.2, 0.25) is 5.02 Å². The number of piperidine rings is 1. The van der Waals surface area contributed by atoms with E-state index in [9.17, 15) is 27.6 Å². The van der Waals surface area contributed by atoms with E-state index >= 15 is 0 Å². The number of fused-ring (bicyclic) bond motifs is 5. The molecule has 2 aromatic carbocycles. The van der Waals surface area contributed by atoms with E-state index in [1.54, 1.807) is 35.2 Å². The summed E-state index contributed by atoms with van der Waals surface area (Å²) in [6.45, 7) is 0.365. The van der Waals surface area contributed by atoms with E-state index in [0.717, 1.165) is 6.07 Å². The van der Waals surface area contributed by atoms with Crippen LogP contribution in [0.3, 0.4) is 0 Å². The molecule has 1 saturated heterocycles. The van der Waals surface area contributed by atoms with Crippen LogP contribution < -0.4 is 15.0 Å². The van der Waals surface area contributed by atoms with Crippen LogP contribution in [0.4, 0.5) is 23.2 Å². The molecule has 2 atom stereocenters. The largest absolute Gasteiger partial charge is 0.471 e. The van der Waals surface area contributed by atoms with Crippen LogP contribution in [0, 0.1) is 17.1 Å². The minimum absolute atomic E-state index is 0.0502. The summed E-state index contributed by atoms with van der Waals surface area (Å²) in [5.74, 6) is -2.55. The van der Waals surface area contributed by atoms with E-state index < -0.39 is 30.0 Å². The van der Waals surface area contributed by atoms with Crippen molar-refractivity contribution < 1.29 is 27.1 Å². The topological polar surface area (TPSA) is 65.4 Å². The molecule has 1 amide bonds. The van der Waals surface area contributed by atoms with E-state index in [1.165, 1.54) is 0 Å². The van der Waals surface area contributed by atoms with Crippen molar-refractivity contribution in [1.29, 1.82) is 5.26 Å². The standard InChI is InChI=1S/C20H14ClF4N3O2/c21-16-11(9-26)12(22)8-15-18(16)28-7-3-5-13(27-19(29)20(23,24)25)17(28)10-4-1-2-6-14(10)30-15/h1-2,4,6,8,13,17H,3,5,7H2,(H,27,29)/t13-,17-/m1/s1. The highest BCUT2D eigenvalue weighted by molar-refractivity contribution is 6.35. The molecule has 0 unspecified atom stereocenters. The Morgan fingerprint density at radius 3 is 2.73 bits per heavy atom. The monoisotopic (exact) mass is 439 g/mol. The molecule has 2 aliphatic rings. The number of ether oxygens (including phenoxy) is 1. The molecule has 4 rings (SSSR count). The number of rotatable bonds is 1. The number of carbonyl (C=O) groups is 1. The zero-order chi connectivity index (χ0) is 21.6. The highest BCUT2D eigenvalue weighted by Gasteiger charge is 2.45. The predicted octanol–water partition coefficient (Wildman–Crippen LogP) is 4.85. The highest BCUT2D eigenvalue weighted by atomic mass is 35.5. The van der Waals surface area contributed by atoms with Gasteiger partial charge in [0.1, 0.15) is 28.9 Å². The van der Waals surface area contributed by atoms with Gasteiger partial charge in [-0.3, -0.25) is 4.79 Å². The summed E-state index contributed by atoms with van der Waals surface area (Å²) in [4.78, 5) is 13.3. The van der Waals surface area contributed by atoms with Gasteiger partial charge in [0.15, 0.2) is 5.75 Å². The summed E-state index contributed by atoms with van der Waals surface area (Å²) < 4.78 is 58.9. The first-order valence-electron chi connectivity index (χ1n) is 9.05. The highest BCUT2D eigenvalue weighted by Crippen LogP contribution is 2.51. The zero-order valence-corrected chi connectivity index (χ0v) is 16.0. The first kappa shape index (κ1) is 20.3. The molecule has 30 heavy (non-hydrogen) atoms. The third-order valence-electron chi connectivity index (χ3n) is 5.22. The summed E-state index contributed by atoms with van der Waals surface area (Å²) in [6, 6.07) is 7.72. The maximum absolute atomic E-state index is 14.4. The molecule has 1 fully saturated rings. The Morgan fingerprint density at radius 2 is 2.03 bits per heavy atom. The Labute approximate surface area is 173 Å². The number of benzene rings is 2. The fraction of sp³-hybridized carbons (Fsp3) is 0.300. The molecule has 1 N–H and O–H groups in total. The number of para-hydroxylation sites is 1. The lowest BCUT2D eigenvalue weighted by molar-refractivity contribution is -0.174. The lowest BCUT2D eigenvalue weighted by Gasteiger charge is -2.42. The first-order valence-corrected chi connectivity index (χ1v) is 9.43. The van der Waals surface area contributed by atoms with E-state index in [2.05, 4.69) is 5.32 Å². The van der Waals surface area contributed by atoms with Crippen molar-refractivity contribution in [2.45, 2.75) is 31.1 Å². The molecule has 0 bridgehead atoms. The number of nitrogens with zero attached hydrogens (tertiary/aromatic N) is 2. The zero-order valence-electron chi connectivity index (χ0n) is 15.3. The van der Waals surface area contributed by atoms with Gasteiger partial charge in [-0.05, 0) is 18.9 Å². The van der Waals surface area contributed by atoms with Crippen LogP contribution in [-0.4, -0.2) is 24.7 Å². The van der Waals surface area contributed by atoms with Gasteiger partial charge in [0.2, 0.25) is 0 Å². The average Bonchev–Trinajstić information content (AvgIpc) is 2.82. The summed E-state index contributed by atoms with van der Waals surface area (Å²) in [7, 11) is 0. The van der Waals surface area contributed by atoms with E-state index in [0.29, 0.717) is 24.3 Å². The normalized spacial score (nSPS) is 20.1. The molecule has 0 aromatic heterocycles. The van der Waals surface area contributed by atoms with Crippen molar-refractivity contribution >= 4 is 23.2 Å². The Kier molecular flexibility index (Phi) is 4.98. The smallest absolute Gasteiger partial charge is 0.455 e. The molecular weight excluding hydrogens is 426 g/mol. The van der Waals surface area contributed by atoms with E-state index in [1.807, 2.05) is 0 Å². The first-order chi connectivity index (χ1) is 14.2. The fourth-order valence-corrected chi connectivity index (χ4v) is 4.34. The van der Waals surface area contributed by atoms with Crippen LogP contribution >= 0.6 is 11.6 Å². The Hall–Kier alpha value is -2.99. The number of hydrogen-bond donors (Lipinski definition) is 1. The average molecular weight is 440 g/mol. The Balaban J connectivity index is 1.89. The molecule has 5 nitrogen and oxygen atoms in total. The van der Waals surface area contributed by atoms with Gasteiger partial charge in [-0.1, -0.05) is 29.8 Å². The number of halogens is 5. The summed E-state index contributed by atoms with van der Waals surface area (Å²) >= 11 is 6.34. The van der Waals surface area contributed by atoms with Crippen LogP contribution in [0.5, 0.6) is 11.5 Å². The molecule has 2 aliphatic heterocycles. The molecule has 0 radical (unpaired) electrons. The maximum atomic E-state index is 14.4. The van der Waals surface area contributed by atoms with Gasteiger partial charge in [0.05, 0.1) is 17.1 Å². The van der Waals surface area contributed by atoms with Crippen LogP contribution in [-0.2, 0) is 4.79 Å². The van der Waals surface area contributed by atoms with Crippen molar-refractivity contribution in [3.05, 3.63) is 52.3 Å². The molecule has 0 spiro atoms. The number of alkyl halides is 3. The summed E-state index contributed by atoms with van der Waals surface area (Å²) in [5.41, 5.74) is 0.350. The number of amides is 1. The molecule has 0 saturated carbocycles. The van der Waals surface area contributed by atoms with Gasteiger partial charge in [-0.25, -0.2) is 4.39 Å². The second kappa shape index (κ2) is 7.36. The molecule has 2 aromatic rings. The second-order valence-electron chi connectivity index (χ2n) is 7.00. The van der Waals surface area contributed by atoms with E-state index in [4.69, 9.17) is 16.3 Å². The molecule has 2 heterocycles. The van der Waals surface area contributed by atoms with Gasteiger partial charge in [0, 0.05) is 18.2 Å². The fourth-order valence-electron chi connectivity index (χ4n) is 4.00. The maximum Gasteiger partial charge on any atom is 0.471 e. The van der Waals surface area contributed by atoms with Crippen LogP contribution in [0.15, 0.2) is 30.3 Å². The van der Waals surface area contributed by atoms with Gasteiger partial charge in [0.25, 0.3) is 0 Å².